The molecule has 3 atom stereocenters. The average Bonchev–Trinajstić information content (AvgIpc) is 2.99. The molecule has 24 heavy (non-hydrogen) atoms. The van der Waals surface area contributed by atoms with Gasteiger partial charge in [0.1, 0.15) is 12.1 Å². The Morgan fingerprint density at radius 1 is 1.04 bits per heavy atom. The molecule has 1 aromatic carbocycles. The van der Waals surface area contributed by atoms with E-state index in [9.17, 15) is 9.59 Å². The van der Waals surface area contributed by atoms with Crippen molar-refractivity contribution < 1.29 is 9.59 Å². The first-order valence-corrected chi connectivity index (χ1v) is 8.69. The SMILES string of the molecule is CC.CC1C(=O)N2[C@H](Cc3c([nH]c4ccccc34)[C@H]2C)C(=O)N1C. The molecular formula is C19H25N3O2. The summed E-state index contributed by atoms with van der Waals surface area (Å²) in [4.78, 5) is 32.1. The van der Waals surface area contributed by atoms with E-state index < -0.39 is 6.04 Å². The highest BCUT2D eigenvalue weighted by Gasteiger charge is 2.48. The first kappa shape index (κ1) is 16.6. The van der Waals surface area contributed by atoms with E-state index in [1.807, 2.05) is 39.0 Å². The Kier molecular flexibility index (Phi) is 4.11. The summed E-state index contributed by atoms with van der Waals surface area (Å²) in [6, 6.07) is 7.25. The Morgan fingerprint density at radius 3 is 2.42 bits per heavy atom. The van der Waals surface area contributed by atoms with Crippen LogP contribution in [0.3, 0.4) is 0 Å². The average molecular weight is 327 g/mol. The summed E-state index contributed by atoms with van der Waals surface area (Å²) in [5.41, 5.74) is 3.31. The second-order valence-corrected chi connectivity index (χ2v) is 6.33. The van der Waals surface area contributed by atoms with Crippen LogP contribution in [0.1, 0.15) is 45.0 Å². The van der Waals surface area contributed by atoms with E-state index in [1.54, 1.807) is 23.8 Å². The van der Waals surface area contributed by atoms with Gasteiger partial charge < -0.3 is 14.8 Å². The number of carbonyl (C=O) groups excluding carboxylic acids is 2. The zero-order valence-corrected chi connectivity index (χ0v) is 15.0. The molecule has 1 fully saturated rings. The number of para-hydroxylation sites is 1. The maximum atomic E-state index is 12.7. The van der Waals surface area contributed by atoms with E-state index in [4.69, 9.17) is 0 Å². The van der Waals surface area contributed by atoms with Gasteiger partial charge in [-0.3, -0.25) is 9.59 Å². The number of amides is 2. The number of fused-ring (bicyclic) bond motifs is 4. The molecule has 5 nitrogen and oxygen atoms in total. The molecule has 0 bridgehead atoms. The molecule has 2 amide bonds. The van der Waals surface area contributed by atoms with Gasteiger partial charge >= 0.3 is 0 Å². The highest BCUT2D eigenvalue weighted by molar-refractivity contribution is 5.98. The summed E-state index contributed by atoms with van der Waals surface area (Å²) in [6.45, 7) is 7.80. The molecule has 0 saturated carbocycles. The monoisotopic (exact) mass is 327 g/mol. The van der Waals surface area contributed by atoms with Gasteiger partial charge in [0.25, 0.3) is 0 Å². The quantitative estimate of drug-likeness (QED) is 0.809. The fourth-order valence-corrected chi connectivity index (χ4v) is 3.86. The van der Waals surface area contributed by atoms with Crippen LogP contribution in [0, 0.1) is 0 Å². The van der Waals surface area contributed by atoms with Gasteiger partial charge in [-0.2, -0.15) is 0 Å². The summed E-state index contributed by atoms with van der Waals surface area (Å²) in [5.74, 6) is 0.0683. The molecule has 5 heteroatoms. The van der Waals surface area contributed by atoms with Crippen molar-refractivity contribution in [3.05, 3.63) is 35.5 Å². The van der Waals surface area contributed by atoms with Crippen molar-refractivity contribution in [2.45, 2.75) is 52.2 Å². The van der Waals surface area contributed by atoms with Crippen LogP contribution < -0.4 is 0 Å². The van der Waals surface area contributed by atoms with Crippen molar-refractivity contribution in [2.24, 2.45) is 0 Å². The second-order valence-electron chi connectivity index (χ2n) is 6.33. The minimum Gasteiger partial charge on any atom is -0.356 e. The summed E-state index contributed by atoms with van der Waals surface area (Å²) < 4.78 is 0. The van der Waals surface area contributed by atoms with Gasteiger partial charge in [0, 0.05) is 30.1 Å². The Hall–Kier alpha value is -2.30. The molecule has 2 aliphatic rings. The van der Waals surface area contributed by atoms with Crippen LogP contribution in [0.5, 0.6) is 0 Å². The number of nitrogens with one attached hydrogen (secondary N) is 1. The number of hydrogen-bond donors (Lipinski definition) is 1. The Bertz CT molecular complexity index is 795. The summed E-state index contributed by atoms with van der Waals surface area (Å²) in [6.07, 6.45) is 0.589. The molecular weight excluding hydrogens is 302 g/mol. The van der Waals surface area contributed by atoms with E-state index >= 15 is 0 Å². The molecule has 1 aromatic heterocycles. The van der Waals surface area contributed by atoms with Crippen LogP contribution in [-0.4, -0.2) is 45.7 Å². The molecule has 3 heterocycles. The predicted molar refractivity (Wildman–Crippen MR) is 94.6 cm³/mol. The first-order chi connectivity index (χ1) is 11.5. The summed E-state index contributed by atoms with van der Waals surface area (Å²) in [5, 5.41) is 1.16. The van der Waals surface area contributed by atoms with Gasteiger partial charge in [-0.1, -0.05) is 32.0 Å². The third kappa shape index (κ3) is 2.14. The molecule has 1 N–H and O–H groups in total. The zero-order valence-electron chi connectivity index (χ0n) is 15.0. The number of aromatic amines is 1. The van der Waals surface area contributed by atoms with Gasteiger partial charge in [-0.25, -0.2) is 0 Å². The van der Waals surface area contributed by atoms with E-state index in [-0.39, 0.29) is 23.9 Å². The highest BCUT2D eigenvalue weighted by atomic mass is 16.2. The highest BCUT2D eigenvalue weighted by Crippen LogP contribution is 2.39. The lowest BCUT2D eigenvalue weighted by Crippen LogP contribution is -2.64. The van der Waals surface area contributed by atoms with Gasteiger partial charge in [-0.05, 0) is 25.5 Å². The number of hydrogen-bond acceptors (Lipinski definition) is 2. The Morgan fingerprint density at radius 2 is 1.71 bits per heavy atom. The van der Waals surface area contributed by atoms with Crippen molar-refractivity contribution in [3.8, 4) is 0 Å². The largest absolute Gasteiger partial charge is 0.356 e. The molecule has 0 radical (unpaired) electrons. The van der Waals surface area contributed by atoms with Crippen LogP contribution in [0.2, 0.25) is 0 Å². The van der Waals surface area contributed by atoms with Gasteiger partial charge in [0.05, 0.1) is 6.04 Å². The fourth-order valence-electron chi connectivity index (χ4n) is 3.86. The van der Waals surface area contributed by atoms with Crippen LogP contribution in [0.4, 0.5) is 0 Å². The minimum atomic E-state index is -0.392. The van der Waals surface area contributed by atoms with E-state index in [0.717, 1.165) is 16.6 Å². The Balaban J connectivity index is 0.000000815. The molecule has 1 unspecified atom stereocenters. The maximum absolute atomic E-state index is 12.7. The summed E-state index contributed by atoms with van der Waals surface area (Å²) >= 11 is 0. The van der Waals surface area contributed by atoms with Gasteiger partial charge in [-0.15, -0.1) is 0 Å². The topological polar surface area (TPSA) is 56.4 Å². The Labute approximate surface area is 142 Å². The van der Waals surface area contributed by atoms with Crippen molar-refractivity contribution >= 4 is 22.7 Å². The second kappa shape index (κ2) is 5.96. The van der Waals surface area contributed by atoms with Crippen molar-refractivity contribution in [2.75, 3.05) is 7.05 Å². The molecule has 1 saturated heterocycles. The standard InChI is InChI=1S/C17H19N3O2.C2H6/c1-9-15-12(11-6-4-5-7-13(11)18-15)8-14-17(22)19(3)10(2)16(21)20(9)14;1-2/h4-7,9-10,14,18H,8H2,1-3H3;1-2H3/t9-,10?,14-;/m1./s1. The van der Waals surface area contributed by atoms with E-state index in [1.165, 1.54) is 5.56 Å². The zero-order chi connectivity index (χ0) is 17.6. The van der Waals surface area contributed by atoms with E-state index in [2.05, 4.69) is 11.1 Å². The molecule has 2 aromatic rings. The maximum Gasteiger partial charge on any atom is 0.246 e. The lowest BCUT2D eigenvalue weighted by atomic mass is 9.89. The third-order valence-electron chi connectivity index (χ3n) is 5.24. The van der Waals surface area contributed by atoms with Crippen LogP contribution >= 0.6 is 0 Å². The van der Waals surface area contributed by atoms with Gasteiger partial charge in [0.15, 0.2) is 0 Å². The first-order valence-electron chi connectivity index (χ1n) is 8.69. The van der Waals surface area contributed by atoms with Crippen molar-refractivity contribution in [3.63, 3.8) is 0 Å². The summed E-state index contributed by atoms with van der Waals surface area (Å²) in [7, 11) is 1.72. The number of benzene rings is 1. The number of nitrogens with zero attached hydrogens (tertiary/aromatic N) is 2. The third-order valence-corrected chi connectivity index (χ3v) is 5.24. The van der Waals surface area contributed by atoms with E-state index in [0.29, 0.717) is 6.42 Å². The number of piperazine rings is 1. The lowest BCUT2D eigenvalue weighted by Gasteiger charge is -2.47. The van der Waals surface area contributed by atoms with Gasteiger partial charge in [0.2, 0.25) is 11.8 Å². The molecule has 0 aliphatic carbocycles. The number of rotatable bonds is 0. The molecule has 4 rings (SSSR count). The molecule has 2 aliphatic heterocycles. The smallest absolute Gasteiger partial charge is 0.246 e. The van der Waals surface area contributed by atoms with Crippen molar-refractivity contribution in [1.29, 1.82) is 0 Å². The minimum absolute atomic E-state index is 0.0314. The fraction of sp³-hybridized carbons (Fsp3) is 0.474. The van der Waals surface area contributed by atoms with Crippen LogP contribution in [0.25, 0.3) is 10.9 Å². The lowest BCUT2D eigenvalue weighted by molar-refractivity contribution is -0.162. The number of carbonyl (C=O) groups is 2. The molecule has 0 spiro atoms. The number of aromatic nitrogens is 1. The predicted octanol–water partition coefficient (Wildman–Crippen LogP) is 2.87. The van der Waals surface area contributed by atoms with Crippen molar-refractivity contribution in [1.82, 2.24) is 14.8 Å². The van der Waals surface area contributed by atoms with Crippen LogP contribution in [0.15, 0.2) is 24.3 Å². The number of H-pyrrole nitrogens is 1. The molecule has 128 valence electrons. The number of likely N-dealkylation sites (N-methyl/N-ethyl adjacent to an activating group) is 1. The normalized spacial score (nSPS) is 26.0. The van der Waals surface area contributed by atoms with Crippen LogP contribution in [-0.2, 0) is 16.0 Å².